The molecule has 7 heteroatoms. The van der Waals surface area contributed by atoms with Gasteiger partial charge in [0.05, 0.1) is 39.8 Å². The van der Waals surface area contributed by atoms with Crippen molar-refractivity contribution >= 4 is 0 Å². The number of nitrogens with zero attached hydrogens (tertiary/aromatic N) is 2. The third-order valence-electron chi connectivity index (χ3n) is 8.71. The van der Waals surface area contributed by atoms with Gasteiger partial charge in [-0.3, -0.25) is 4.68 Å². The van der Waals surface area contributed by atoms with Crippen molar-refractivity contribution in [3.8, 4) is 62.4 Å². The van der Waals surface area contributed by atoms with Crippen LogP contribution in [0.4, 0.5) is 0 Å². The second-order valence-electron chi connectivity index (χ2n) is 11.2. The molecule has 1 heterocycles. The number of ether oxygens (including phenoxy) is 4. The highest BCUT2D eigenvalue weighted by Gasteiger charge is 2.33. The van der Waals surface area contributed by atoms with Crippen molar-refractivity contribution in [1.29, 1.82) is 0 Å². The summed E-state index contributed by atoms with van der Waals surface area (Å²) in [5.41, 5.74) is 10.6. The first-order valence-electron chi connectivity index (χ1n) is 15.1. The van der Waals surface area contributed by atoms with Crippen molar-refractivity contribution < 1.29 is 24.1 Å². The Bertz CT molecular complexity index is 1950. The van der Waals surface area contributed by atoms with Gasteiger partial charge in [-0.05, 0) is 76.3 Å². The van der Waals surface area contributed by atoms with Crippen LogP contribution in [0, 0.1) is 0 Å². The minimum absolute atomic E-state index is 0.241. The van der Waals surface area contributed by atoms with Crippen molar-refractivity contribution in [3.63, 3.8) is 0 Å². The summed E-state index contributed by atoms with van der Waals surface area (Å²) in [4.78, 5) is 0. The van der Waals surface area contributed by atoms with E-state index in [1.807, 2.05) is 36.4 Å². The number of hydrogen-bond donors (Lipinski definition) is 1. The number of aromatic nitrogens is 2. The molecule has 1 aliphatic carbocycles. The zero-order valence-electron chi connectivity index (χ0n) is 26.2. The van der Waals surface area contributed by atoms with Gasteiger partial charge in [0.15, 0.2) is 11.5 Å². The Morgan fingerprint density at radius 3 is 1.63 bits per heavy atom. The molecule has 0 saturated carbocycles. The standard InChI is InChI=1S/C39H34N2O5/c1-43-31-17-11-27(12-18-31)38(28-13-19-32(44-2)20-14-28)41-39-33-23-36(46-4)35(45-3)22-29(33)21-34(39)37(40-41)26-7-5-24(6-8-26)25-9-15-30(42)16-10-25/h5-20,22-23,38,42H,21H2,1-4H3. The fraction of sp³-hybridized carbons (Fsp3) is 0.154. The molecule has 1 aromatic heterocycles. The lowest BCUT2D eigenvalue weighted by Gasteiger charge is -2.22. The van der Waals surface area contributed by atoms with E-state index in [0.29, 0.717) is 17.9 Å². The Morgan fingerprint density at radius 1 is 0.609 bits per heavy atom. The van der Waals surface area contributed by atoms with Gasteiger partial charge < -0.3 is 24.1 Å². The molecule has 0 radical (unpaired) electrons. The second kappa shape index (κ2) is 12.0. The molecular weight excluding hydrogens is 576 g/mol. The normalized spacial score (nSPS) is 11.7. The van der Waals surface area contributed by atoms with Crippen LogP contribution in [0.25, 0.3) is 33.6 Å². The maximum absolute atomic E-state index is 9.75. The summed E-state index contributed by atoms with van der Waals surface area (Å²) in [6.07, 6.45) is 0.706. The highest BCUT2D eigenvalue weighted by atomic mass is 16.5. The third kappa shape index (κ3) is 5.09. The van der Waals surface area contributed by atoms with Crippen LogP contribution in [0.5, 0.6) is 28.7 Å². The average molecular weight is 611 g/mol. The zero-order chi connectivity index (χ0) is 31.8. The number of rotatable bonds is 9. The van der Waals surface area contributed by atoms with Gasteiger partial charge in [0, 0.05) is 23.1 Å². The van der Waals surface area contributed by atoms with Crippen LogP contribution in [0.2, 0.25) is 0 Å². The minimum atomic E-state index is -0.241. The molecule has 7 nitrogen and oxygen atoms in total. The average Bonchev–Trinajstić information content (AvgIpc) is 3.66. The molecule has 0 saturated heterocycles. The molecule has 0 unspecified atom stereocenters. The zero-order valence-corrected chi connectivity index (χ0v) is 26.2. The van der Waals surface area contributed by atoms with Crippen LogP contribution in [0.3, 0.4) is 0 Å². The maximum Gasteiger partial charge on any atom is 0.161 e. The van der Waals surface area contributed by atoms with E-state index in [4.69, 9.17) is 24.0 Å². The summed E-state index contributed by atoms with van der Waals surface area (Å²) in [7, 11) is 6.68. The molecule has 0 atom stereocenters. The van der Waals surface area contributed by atoms with Gasteiger partial charge >= 0.3 is 0 Å². The van der Waals surface area contributed by atoms with E-state index < -0.39 is 0 Å². The molecule has 1 aliphatic rings. The molecule has 46 heavy (non-hydrogen) atoms. The molecular formula is C39H34N2O5. The lowest BCUT2D eigenvalue weighted by Crippen LogP contribution is -2.15. The first-order chi connectivity index (χ1) is 22.5. The Hall–Kier alpha value is -5.69. The summed E-state index contributed by atoms with van der Waals surface area (Å²) in [6, 6.07) is 35.9. The molecule has 5 aromatic carbocycles. The van der Waals surface area contributed by atoms with Gasteiger partial charge in [0.25, 0.3) is 0 Å². The van der Waals surface area contributed by atoms with Crippen molar-refractivity contribution in [3.05, 3.63) is 131 Å². The molecule has 1 N–H and O–H groups in total. The molecule has 0 aliphatic heterocycles. The van der Waals surface area contributed by atoms with Crippen LogP contribution < -0.4 is 18.9 Å². The first-order valence-corrected chi connectivity index (χ1v) is 15.1. The SMILES string of the molecule is COc1ccc(C(c2ccc(OC)cc2)n2nc(-c3ccc(-c4ccc(O)cc4)cc3)c3c2-c2cc(OC)c(OC)cc2C3)cc1. The number of aromatic hydroxyl groups is 1. The van der Waals surface area contributed by atoms with Crippen LogP contribution in [0.1, 0.15) is 28.3 Å². The topological polar surface area (TPSA) is 75.0 Å². The van der Waals surface area contributed by atoms with E-state index in [1.165, 1.54) is 0 Å². The molecule has 0 fully saturated rings. The molecule has 0 spiro atoms. The highest BCUT2D eigenvalue weighted by molar-refractivity contribution is 5.84. The highest BCUT2D eigenvalue weighted by Crippen LogP contribution is 2.48. The lowest BCUT2D eigenvalue weighted by atomic mass is 9.97. The van der Waals surface area contributed by atoms with E-state index in [2.05, 4.69) is 65.3 Å². The predicted molar refractivity (Wildman–Crippen MR) is 179 cm³/mol. The Balaban J connectivity index is 1.43. The second-order valence-corrected chi connectivity index (χ2v) is 11.2. The van der Waals surface area contributed by atoms with E-state index >= 15 is 0 Å². The van der Waals surface area contributed by atoms with Gasteiger partial charge in [-0.15, -0.1) is 0 Å². The number of phenols is 1. The van der Waals surface area contributed by atoms with Crippen LogP contribution in [-0.2, 0) is 6.42 Å². The van der Waals surface area contributed by atoms with Crippen molar-refractivity contribution in [2.24, 2.45) is 0 Å². The maximum atomic E-state index is 9.75. The number of phenolic OH excluding ortho intramolecular Hbond substituents is 1. The fourth-order valence-electron chi connectivity index (χ4n) is 6.34. The Kier molecular flexibility index (Phi) is 7.58. The van der Waals surface area contributed by atoms with Crippen molar-refractivity contribution in [2.45, 2.75) is 12.5 Å². The molecule has 0 amide bonds. The molecule has 6 aromatic rings. The van der Waals surface area contributed by atoms with E-state index in [1.54, 1.807) is 40.6 Å². The summed E-state index contributed by atoms with van der Waals surface area (Å²) in [5.74, 6) is 3.20. The quantitative estimate of drug-likeness (QED) is 0.178. The fourth-order valence-corrected chi connectivity index (χ4v) is 6.34. The number of hydrogen-bond acceptors (Lipinski definition) is 6. The molecule has 0 bridgehead atoms. The number of methoxy groups -OCH3 is 4. The van der Waals surface area contributed by atoms with Gasteiger partial charge in [-0.25, -0.2) is 0 Å². The van der Waals surface area contributed by atoms with E-state index in [9.17, 15) is 5.11 Å². The van der Waals surface area contributed by atoms with Crippen molar-refractivity contribution in [1.82, 2.24) is 9.78 Å². The van der Waals surface area contributed by atoms with Crippen LogP contribution in [0.15, 0.2) is 109 Å². The van der Waals surface area contributed by atoms with Gasteiger partial charge in [-0.1, -0.05) is 60.7 Å². The van der Waals surface area contributed by atoms with Crippen LogP contribution >= 0.6 is 0 Å². The van der Waals surface area contributed by atoms with Gasteiger partial charge in [0.1, 0.15) is 23.3 Å². The molecule has 7 rings (SSSR count). The van der Waals surface area contributed by atoms with E-state index in [0.717, 1.165) is 67.4 Å². The smallest absolute Gasteiger partial charge is 0.161 e. The lowest BCUT2D eigenvalue weighted by molar-refractivity contribution is 0.355. The largest absolute Gasteiger partial charge is 0.508 e. The van der Waals surface area contributed by atoms with Crippen molar-refractivity contribution in [2.75, 3.05) is 28.4 Å². The summed E-state index contributed by atoms with van der Waals surface area (Å²) < 4.78 is 24.6. The number of fused-ring (bicyclic) bond motifs is 3. The summed E-state index contributed by atoms with van der Waals surface area (Å²) in [6.45, 7) is 0. The summed E-state index contributed by atoms with van der Waals surface area (Å²) >= 11 is 0. The minimum Gasteiger partial charge on any atom is -0.508 e. The Morgan fingerprint density at radius 2 is 1.11 bits per heavy atom. The number of benzene rings is 5. The van der Waals surface area contributed by atoms with Crippen LogP contribution in [-0.4, -0.2) is 43.3 Å². The molecule has 230 valence electrons. The third-order valence-corrected chi connectivity index (χ3v) is 8.71. The summed E-state index contributed by atoms with van der Waals surface area (Å²) in [5, 5.41) is 15.2. The Labute approximate surface area is 268 Å². The van der Waals surface area contributed by atoms with Gasteiger partial charge in [0.2, 0.25) is 0 Å². The monoisotopic (exact) mass is 610 g/mol. The first kappa shape index (κ1) is 29.0. The predicted octanol–water partition coefficient (Wildman–Crippen LogP) is 8.17. The van der Waals surface area contributed by atoms with E-state index in [-0.39, 0.29) is 11.8 Å². The van der Waals surface area contributed by atoms with Gasteiger partial charge in [-0.2, -0.15) is 5.10 Å².